The number of fused-ring (bicyclic) bond motifs is 1. The number of carbonyl (C=O) groups is 2. The van der Waals surface area contributed by atoms with Gasteiger partial charge in [0.05, 0.1) is 23.4 Å². The number of rotatable bonds is 7. The third kappa shape index (κ3) is 3.47. The second kappa shape index (κ2) is 7.61. The fraction of sp³-hybridized carbons (Fsp3) is 0.0952. The number of benzene rings is 1. The Bertz CT molecular complexity index is 863. The second-order valence-electron chi connectivity index (χ2n) is 5.70. The van der Waals surface area contributed by atoms with E-state index < -0.39 is 0 Å². The molecule has 0 saturated carbocycles. The lowest BCUT2D eigenvalue weighted by Gasteiger charge is -2.13. The molecule has 130 valence electrons. The van der Waals surface area contributed by atoms with Gasteiger partial charge in [0, 0.05) is 11.8 Å². The van der Waals surface area contributed by atoms with Gasteiger partial charge in [0.25, 0.3) is 11.8 Å². The minimum absolute atomic E-state index is 0.141. The maximum atomic E-state index is 12.4. The number of hydrogen-bond acceptors (Lipinski definition) is 4. The molecule has 0 fully saturated rings. The van der Waals surface area contributed by atoms with Crippen LogP contribution in [0.5, 0.6) is 0 Å². The van der Waals surface area contributed by atoms with Crippen LogP contribution in [-0.4, -0.2) is 21.7 Å². The van der Waals surface area contributed by atoms with E-state index in [0.717, 1.165) is 5.56 Å². The van der Waals surface area contributed by atoms with E-state index in [1.54, 1.807) is 54.8 Å². The van der Waals surface area contributed by atoms with Gasteiger partial charge < -0.3 is 4.74 Å². The van der Waals surface area contributed by atoms with Crippen LogP contribution < -0.4 is 0 Å². The Morgan fingerprint density at radius 1 is 1.08 bits per heavy atom. The molecule has 0 spiro atoms. The Hall–Kier alpha value is -3.47. The zero-order chi connectivity index (χ0) is 18.5. The summed E-state index contributed by atoms with van der Waals surface area (Å²) in [5, 5.41) is 0. The van der Waals surface area contributed by atoms with Crippen LogP contribution in [0.25, 0.3) is 0 Å². The number of ether oxygens (including phenoxy) is 1. The zero-order valence-electron chi connectivity index (χ0n) is 14.2. The molecule has 2 amide bonds. The predicted molar refractivity (Wildman–Crippen MR) is 98.1 cm³/mol. The molecule has 2 heterocycles. The van der Waals surface area contributed by atoms with Crippen molar-refractivity contribution in [3.8, 4) is 0 Å². The van der Waals surface area contributed by atoms with E-state index in [2.05, 4.69) is 18.1 Å². The van der Waals surface area contributed by atoms with Crippen molar-refractivity contribution in [3.05, 3.63) is 102 Å². The molecule has 0 bridgehead atoms. The van der Waals surface area contributed by atoms with E-state index in [1.165, 1.54) is 4.90 Å². The van der Waals surface area contributed by atoms with Gasteiger partial charge in [-0.2, -0.15) is 0 Å². The van der Waals surface area contributed by atoms with Crippen LogP contribution in [0.15, 0.2) is 79.7 Å². The Kier molecular flexibility index (Phi) is 5.08. The molecule has 0 N–H and O–H groups in total. The molecule has 1 aliphatic rings. The van der Waals surface area contributed by atoms with E-state index in [0.29, 0.717) is 29.2 Å². The summed E-state index contributed by atoms with van der Waals surface area (Å²) in [6, 6.07) is 10.5. The first-order valence-electron chi connectivity index (χ1n) is 8.11. The Morgan fingerprint density at radius 2 is 1.77 bits per heavy atom. The summed E-state index contributed by atoms with van der Waals surface area (Å²) in [5.41, 5.74) is 2.38. The Morgan fingerprint density at radius 3 is 2.31 bits per heavy atom. The number of carbonyl (C=O) groups excluding carboxylic acids is 2. The molecule has 0 aliphatic carbocycles. The normalized spacial score (nSPS) is 13.5. The van der Waals surface area contributed by atoms with Gasteiger partial charge in [0.1, 0.15) is 12.4 Å². The first kappa shape index (κ1) is 17.4. The van der Waals surface area contributed by atoms with E-state index in [-0.39, 0.29) is 18.4 Å². The fourth-order valence-electron chi connectivity index (χ4n) is 2.64. The maximum absolute atomic E-state index is 12.4. The van der Waals surface area contributed by atoms with Crippen molar-refractivity contribution < 1.29 is 14.3 Å². The summed E-state index contributed by atoms with van der Waals surface area (Å²) >= 11 is 0. The second-order valence-corrected chi connectivity index (χ2v) is 5.70. The summed E-state index contributed by atoms with van der Waals surface area (Å²) in [6.07, 6.45) is 6.62. The summed E-state index contributed by atoms with van der Waals surface area (Å²) < 4.78 is 5.58. The standard InChI is InChI=1S/C21H18N2O3/c1-3-7-17(4-2)26-14-15-10-11-16(22-12-15)13-23-20(24)18-8-5-6-9-19(18)21(23)25/h3-12H,1-2,13-14H2/b17-7+. The zero-order valence-corrected chi connectivity index (χ0v) is 14.2. The lowest BCUT2D eigenvalue weighted by atomic mass is 10.1. The summed E-state index contributed by atoms with van der Waals surface area (Å²) in [4.78, 5) is 30.3. The molecule has 2 aromatic rings. The number of allylic oxidation sites excluding steroid dienone is 3. The molecule has 5 heteroatoms. The van der Waals surface area contributed by atoms with Crippen molar-refractivity contribution in [1.82, 2.24) is 9.88 Å². The molecule has 1 aliphatic heterocycles. The van der Waals surface area contributed by atoms with Crippen molar-refractivity contribution in [2.45, 2.75) is 13.2 Å². The van der Waals surface area contributed by atoms with Crippen LogP contribution in [0, 0.1) is 0 Å². The molecular formula is C21H18N2O3. The lowest BCUT2D eigenvalue weighted by molar-refractivity contribution is 0.0640. The highest BCUT2D eigenvalue weighted by Gasteiger charge is 2.35. The summed E-state index contributed by atoms with van der Waals surface area (Å²) in [7, 11) is 0. The first-order valence-corrected chi connectivity index (χ1v) is 8.11. The molecule has 5 nitrogen and oxygen atoms in total. The number of aromatic nitrogens is 1. The van der Waals surface area contributed by atoms with Crippen LogP contribution in [0.1, 0.15) is 32.0 Å². The van der Waals surface area contributed by atoms with Crippen molar-refractivity contribution in [1.29, 1.82) is 0 Å². The number of nitrogens with zero attached hydrogens (tertiary/aromatic N) is 2. The molecule has 0 atom stereocenters. The van der Waals surface area contributed by atoms with Gasteiger partial charge in [-0.15, -0.1) is 0 Å². The molecule has 1 aromatic carbocycles. The van der Waals surface area contributed by atoms with Gasteiger partial charge in [0.2, 0.25) is 0 Å². The van der Waals surface area contributed by atoms with Gasteiger partial charge >= 0.3 is 0 Å². The van der Waals surface area contributed by atoms with Gasteiger partial charge in [-0.05, 0) is 30.4 Å². The summed E-state index contributed by atoms with van der Waals surface area (Å²) in [6.45, 7) is 7.76. The van der Waals surface area contributed by atoms with Crippen LogP contribution in [0.4, 0.5) is 0 Å². The maximum Gasteiger partial charge on any atom is 0.261 e. The Labute approximate surface area is 151 Å². The minimum Gasteiger partial charge on any atom is -0.489 e. The quantitative estimate of drug-likeness (QED) is 0.436. The first-order chi connectivity index (χ1) is 12.6. The van der Waals surface area contributed by atoms with Crippen molar-refractivity contribution in [2.24, 2.45) is 0 Å². The third-order valence-electron chi connectivity index (χ3n) is 3.97. The number of pyridine rings is 1. The van der Waals surface area contributed by atoms with Crippen molar-refractivity contribution in [2.75, 3.05) is 0 Å². The SMILES string of the molecule is C=C/C=C(\C=C)OCc1ccc(CN2C(=O)c3ccccc3C2=O)nc1. The van der Waals surface area contributed by atoms with Gasteiger partial charge in [-0.3, -0.25) is 19.5 Å². The van der Waals surface area contributed by atoms with Gasteiger partial charge in [-0.1, -0.05) is 37.4 Å². The Balaban J connectivity index is 1.66. The van der Waals surface area contributed by atoms with E-state index >= 15 is 0 Å². The average molecular weight is 346 g/mol. The highest BCUT2D eigenvalue weighted by Crippen LogP contribution is 2.23. The molecule has 26 heavy (non-hydrogen) atoms. The van der Waals surface area contributed by atoms with Crippen LogP contribution >= 0.6 is 0 Å². The molecule has 0 saturated heterocycles. The van der Waals surface area contributed by atoms with Gasteiger partial charge in [0.15, 0.2) is 0 Å². The molecule has 0 unspecified atom stereocenters. The predicted octanol–water partition coefficient (Wildman–Crippen LogP) is 3.65. The fourth-order valence-corrected chi connectivity index (χ4v) is 2.64. The molecule has 1 aromatic heterocycles. The molecule has 0 radical (unpaired) electrons. The highest BCUT2D eigenvalue weighted by atomic mass is 16.5. The van der Waals surface area contributed by atoms with Crippen LogP contribution in [-0.2, 0) is 17.9 Å². The third-order valence-corrected chi connectivity index (χ3v) is 3.97. The number of imide groups is 1. The van der Waals surface area contributed by atoms with E-state index in [9.17, 15) is 9.59 Å². The summed E-state index contributed by atoms with van der Waals surface area (Å²) in [5.74, 6) is 0.0464. The topological polar surface area (TPSA) is 59.5 Å². The van der Waals surface area contributed by atoms with E-state index in [1.807, 2.05) is 6.07 Å². The monoisotopic (exact) mass is 346 g/mol. The molecule has 3 rings (SSSR count). The van der Waals surface area contributed by atoms with Crippen LogP contribution in [0.2, 0.25) is 0 Å². The average Bonchev–Trinajstić information content (AvgIpc) is 2.91. The van der Waals surface area contributed by atoms with Crippen molar-refractivity contribution in [3.63, 3.8) is 0 Å². The van der Waals surface area contributed by atoms with E-state index in [4.69, 9.17) is 4.74 Å². The smallest absolute Gasteiger partial charge is 0.261 e. The van der Waals surface area contributed by atoms with Gasteiger partial charge in [-0.25, -0.2) is 0 Å². The van der Waals surface area contributed by atoms with Crippen LogP contribution in [0.3, 0.4) is 0 Å². The minimum atomic E-state index is -0.287. The molecular weight excluding hydrogens is 328 g/mol. The number of amides is 2. The largest absolute Gasteiger partial charge is 0.489 e. The lowest BCUT2D eigenvalue weighted by Crippen LogP contribution is -2.29. The highest BCUT2D eigenvalue weighted by molar-refractivity contribution is 6.21. The van der Waals surface area contributed by atoms with Crippen molar-refractivity contribution >= 4 is 11.8 Å². The number of hydrogen-bond donors (Lipinski definition) is 0.